The first-order chi connectivity index (χ1) is 19.2. The molecule has 196 valence electrons. The zero-order chi connectivity index (χ0) is 26.6. The highest BCUT2D eigenvalue weighted by molar-refractivity contribution is 5.96. The van der Waals surface area contributed by atoms with E-state index in [4.69, 9.17) is 14.2 Å². The van der Waals surface area contributed by atoms with Crippen molar-refractivity contribution in [1.82, 2.24) is 4.57 Å². The van der Waals surface area contributed by atoms with E-state index in [0.29, 0.717) is 19.0 Å². The molecule has 0 radical (unpaired) electrons. The summed E-state index contributed by atoms with van der Waals surface area (Å²) in [5.41, 5.74) is 5.66. The molecule has 6 rings (SSSR count). The summed E-state index contributed by atoms with van der Waals surface area (Å²) in [6.45, 7) is 1.11. The lowest BCUT2D eigenvalue weighted by atomic mass is 9.98. The molecule has 2 atom stereocenters. The number of benzene rings is 4. The second-order valence-electron chi connectivity index (χ2n) is 9.89. The number of fused-ring (bicyclic) bond motifs is 1. The van der Waals surface area contributed by atoms with Crippen molar-refractivity contribution >= 4 is 10.9 Å². The lowest BCUT2D eigenvalue weighted by Gasteiger charge is -2.29. The topological polar surface area (TPSA) is 49.7 Å². The van der Waals surface area contributed by atoms with Crippen molar-refractivity contribution in [3.63, 3.8) is 0 Å². The summed E-state index contributed by atoms with van der Waals surface area (Å²) in [4.78, 5) is 13.5. The minimum absolute atomic E-state index is 0.0287. The predicted octanol–water partition coefficient (Wildman–Crippen LogP) is 7.10. The Kier molecular flexibility index (Phi) is 7.26. The van der Waals surface area contributed by atoms with Crippen LogP contribution < -0.4 is 10.3 Å². The maximum absolute atomic E-state index is 13.5. The molecule has 5 heteroatoms. The molecule has 2 unspecified atom stereocenters. The molecule has 0 saturated carbocycles. The molecule has 5 aromatic rings. The molecule has 1 aromatic heterocycles. The van der Waals surface area contributed by atoms with E-state index >= 15 is 0 Å². The number of pyridine rings is 1. The van der Waals surface area contributed by atoms with Crippen molar-refractivity contribution in [1.29, 1.82) is 0 Å². The molecule has 1 aliphatic heterocycles. The molecule has 4 aromatic carbocycles. The molecule has 0 bridgehead atoms. The van der Waals surface area contributed by atoms with E-state index in [1.54, 1.807) is 17.7 Å². The van der Waals surface area contributed by atoms with Gasteiger partial charge in [-0.2, -0.15) is 0 Å². The van der Waals surface area contributed by atoms with Gasteiger partial charge >= 0.3 is 0 Å². The third-order valence-electron chi connectivity index (χ3n) is 7.39. The Bertz CT molecular complexity index is 1630. The van der Waals surface area contributed by atoms with Gasteiger partial charge in [0.15, 0.2) is 0 Å². The second kappa shape index (κ2) is 11.3. The van der Waals surface area contributed by atoms with E-state index in [1.165, 1.54) is 0 Å². The molecular formula is C34H31NO4. The van der Waals surface area contributed by atoms with Gasteiger partial charge in [-0.1, -0.05) is 66.7 Å². The third kappa shape index (κ3) is 5.37. The van der Waals surface area contributed by atoms with Crippen molar-refractivity contribution in [2.45, 2.75) is 31.7 Å². The van der Waals surface area contributed by atoms with Crippen LogP contribution in [0.4, 0.5) is 0 Å². The third-order valence-corrected chi connectivity index (χ3v) is 7.39. The Hall–Kier alpha value is -4.19. The van der Waals surface area contributed by atoms with Gasteiger partial charge in [-0.25, -0.2) is 0 Å². The van der Waals surface area contributed by atoms with Crippen molar-refractivity contribution in [2.24, 2.45) is 0 Å². The van der Waals surface area contributed by atoms with Gasteiger partial charge in [0.1, 0.15) is 12.4 Å². The molecular weight excluding hydrogens is 486 g/mol. The maximum Gasteiger partial charge on any atom is 0.256 e. The van der Waals surface area contributed by atoms with Crippen LogP contribution in [-0.4, -0.2) is 24.4 Å². The summed E-state index contributed by atoms with van der Waals surface area (Å²) in [5, 5.41) is 0.987. The summed E-state index contributed by atoms with van der Waals surface area (Å²) in [7, 11) is 1.76. The molecule has 1 aliphatic rings. The van der Waals surface area contributed by atoms with Crippen LogP contribution in [0.3, 0.4) is 0 Å². The SMILES string of the molecule is COC1CCOC(c2cccc(COc3ccc4c(-c5ccccc5)cc(=O)n(-c5ccccc5)c4c3)c2)C1. The molecule has 0 spiro atoms. The number of aromatic nitrogens is 1. The molecule has 39 heavy (non-hydrogen) atoms. The first-order valence-electron chi connectivity index (χ1n) is 13.4. The van der Waals surface area contributed by atoms with Gasteiger partial charge in [-0.05, 0) is 59.0 Å². The minimum Gasteiger partial charge on any atom is -0.489 e. The summed E-state index contributed by atoms with van der Waals surface area (Å²) >= 11 is 0. The van der Waals surface area contributed by atoms with Gasteiger partial charge < -0.3 is 14.2 Å². The quantitative estimate of drug-likeness (QED) is 0.231. The standard InChI is InChI=1S/C34H31NO4/c1-37-28-17-18-38-33(21-28)26-12-8-9-24(19-26)23-39-29-15-16-30-31(25-10-4-2-5-11-25)22-34(36)35(32(30)20-29)27-13-6-3-7-14-27/h2-16,19-20,22,28,33H,17-18,21,23H2,1H3. The van der Waals surface area contributed by atoms with Crippen molar-refractivity contribution < 1.29 is 14.2 Å². The van der Waals surface area contributed by atoms with E-state index in [1.807, 2.05) is 84.9 Å². The smallest absolute Gasteiger partial charge is 0.256 e. The van der Waals surface area contributed by atoms with Gasteiger partial charge in [0.25, 0.3) is 5.56 Å². The zero-order valence-electron chi connectivity index (χ0n) is 22.0. The lowest BCUT2D eigenvalue weighted by Crippen LogP contribution is -2.25. The minimum atomic E-state index is -0.0840. The molecule has 2 heterocycles. The number of ether oxygens (including phenoxy) is 3. The van der Waals surface area contributed by atoms with E-state index in [-0.39, 0.29) is 17.8 Å². The fourth-order valence-corrected chi connectivity index (χ4v) is 5.36. The number of para-hydroxylation sites is 1. The van der Waals surface area contributed by atoms with E-state index in [0.717, 1.165) is 51.7 Å². The van der Waals surface area contributed by atoms with E-state index in [9.17, 15) is 4.79 Å². The van der Waals surface area contributed by atoms with Gasteiger partial charge in [0, 0.05) is 43.3 Å². The van der Waals surface area contributed by atoms with Gasteiger partial charge in [0.2, 0.25) is 0 Å². The molecule has 0 N–H and O–H groups in total. The number of rotatable bonds is 7. The number of nitrogens with zero attached hydrogens (tertiary/aromatic N) is 1. The normalized spacial score (nSPS) is 17.3. The summed E-state index contributed by atoms with van der Waals surface area (Å²) in [6, 6.07) is 35.8. The summed E-state index contributed by atoms with van der Waals surface area (Å²) < 4.78 is 19.6. The summed E-state index contributed by atoms with van der Waals surface area (Å²) in [5.74, 6) is 0.704. The van der Waals surface area contributed by atoms with Crippen LogP contribution in [0.2, 0.25) is 0 Å². The molecule has 0 aliphatic carbocycles. The van der Waals surface area contributed by atoms with Crippen molar-refractivity contribution in [3.05, 3.63) is 131 Å². The number of hydrogen-bond donors (Lipinski definition) is 0. The van der Waals surface area contributed by atoms with Crippen molar-refractivity contribution in [3.8, 4) is 22.6 Å². The lowest BCUT2D eigenvalue weighted by molar-refractivity contribution is -0.0599. The maximum atomic E-state index is 13.5. The first kappa shape index (κ1) is 25.1. The fraction of sp³-hybridized carbons (Fsp3) is 0.206. The van der Waals surface area contributed by atoms with E-state index < -0.39 is 0 Å². The zero-order valence-corrected chi connectivity index (χ0v) is 22.0. The molecule has 1 fully saturated rings. The second-order valence-corrected chi connectivity index (χ2v) is 9.89. The highest BCUT2D eigenvalue weighted by Gasteiger charge is 2.24. The molecule has 5 nitrogen and oxygen atoms in total. The average Bonchev–Trinajstić information content (AvgIpc) is 3.00. The van der Waals surface area contributed by atoms with E-state index in [2.05, 4.69) is 18.2 Å². The van der Waals surface area contributed by atoms with Crippen LogP contribution in [0, 0.1) is 0 Å². The van der Waals surface area contributed by atoms with Crippen LogP contribution in [0.25, 0.3) is 27.7 Å². The first-order valence-corrected chi connectivity index (χ1v) is 13.4. The molecule has 1 saturated heterocycles. The van der Waals surface area contributed by atoms with Gasteiger partial charge in [-0.3, -0.25) is 9.36 Å². The Morgan fingerprint density at radius 3 is 2.46 bits per heavy atom. The predicted molar refractivity (Wildman–Crippen MR) is 154 cm³/mol. The van der Waals surface area contributed by atoms with Gasteiger partial charge in [-0.15, -0.1) is 0 Å². The van der Waals surface area contributed by atoms with Crippen LogP contribution in [0.5, 0.6) is 5.75 Å². The Balaban J connectivity index is 1.34. The Morgan fingerprint density at radius 1 is 0.872 bits per heavy atom. The monoisotopic (exact) mass is 517 g/mol. The van der Waals surface area contributed by atoms with Crippen LogP contribution in [0.1, 0.15) is 30.1 Å². The fourth-order valence-electron chi connectivity index (χ4n) is 5.36. The van der Waals surface area contributed by atoms with Crippen LogP contribution in [0.15, 0.2) is 114 Å². The number of methoxy groups -OCH3 is 1. The van der Waals surface area contributed by atoms with Gasteiger partial charge in [0.05, 0.1) is 17.7 Å². The van der Waals surface area contributed by atoms with Crippen molar-refractivity contribution in [2.75, 3.05) is 13.7 Å². The summed E-state index contributed by atoms with van der Waals surface area (Å²) in [6.07, 6.45) is 2.04. The van der Waals surface area contributed by atoms with Crippen LogP contribution >= 0.6 is 0 Å². The largest absolute Gasteiger partial charge is 0.489 e. The van der Waals surface area contributed by atoms with Crippen LogP contribution in [-0.2, 0) is 16.1 Å². The highest BCUT2D eigenvalue weighted by Crippen LogP contribution is 2.32. The Morgan fingerprint density at radius 2 is 1.67 bits per heavy atom. The Labute approximate surface area is 228 Å². The number of hydrogen-bond acceptors (Lipinski definition) is 4. The highest BCUT2D eigenvalue weighted by atomic mass is 16.5. The average molecular weight is 518 g/mol. The molecule has 0 amide bonds.